The Bertz CT molecular complexity index is 1030. The van der Waals surface area contributed by atoms with E-state index in [0.29, 0.717) is 23.4 Å². The molecule has 4 rings (SSSR count). The molecule has 3 aromatic rings. The third-order valence-corrected chi connectivity index (χ3v) is 5.39. The molecule has 0 bridgehead atoms. The van der Waals surface area contributed by atoms with Crippen molar-refractivity contribution in [3.63, 3.8) is 0 Å². The van der Waals surface area contributed by atoms with Gasteiger partial charge in [0.2, 0.25) is 11.8 Å². The Morgan fingerprint density at radius 1 is 1.31 bits per heavy atom. The quantitative estimate of drug-likeness (QED) is 0.609. The summed E-state index contributed by atoms with van der Waals surface area (Å²) < 4.78 is 7.45. The van der Waals surface area contributed by atoms with E-state index in [0.717, 1.165) is 35.2 Å². The lowest BCUT2D eigenvalue weighted by Crippen LogP contribution is -2.11. The summed E-state index contributed by atoms with van der Waals surface area (Å²) in [5.74, 6) is 3.07. The summed E-state index contributed by atoms with van der Waals surface area (Å²) in [6.07, 6.45) is 2.24. The summed E-state index contributed by atoms with van der Waals surface area (Å²) in [7, 11) is 0. The average molecular weight is 413 g/mol. The van der Waals surface area contributed by atoms with E-state index in [-0.39, 0.29) is 11.3 Å². The summed E-state index contributed by atoms with van der Waals surface area (Å²) in [6, 6.07) is 7.72. The number of hydrogen-bond acceptors (Lipinski definition) is 7. The number of rotatable bonds is 6. The van der Waals surface area contributed by atoms with E-state index < -0.39 is 0 Å². The van der Waals surface area contributed by atoms with Crippen molar-refractivity contribution in [3.8, 4) is 5.69 Å². The van der Waals surface area contributed by atoms with Crippen molar-refractivity contribution >= 4 is 23.4 Å². The Balaban J connectivity index is 1.60. The van der Waals surface area contributed by atoms with Gasteiger partial charge in [-0.25, -0.2) is 0 Å². The van der Waals surface area contributed by atoms with Crippen LogP contribution in [0.4, 0.5) is 5.69 Å². The van der Waals surface area contributed by atoms with Crippen molar-refractivity contribution in [2.45, 2.75) is 62.8 Å². The lowest BCUT2D eigenvalue weighted by molar-refractivity contribution is -0.114. The Morgan fingerprint density at radius 2 is 2.10 bits per heavy atom. The van der Waals surface area contributed by atoms with Gasteiger partial charge in [-0.3, -0.25) is 9.36 Å². The Kier molecular flexibility index (Phi) is 5.16. The molecule has 0 radical (unpaired) electrons. The highest BCUT2D eigenvalue weighted by Crippen LogP contribution is 2.41. The number of aromatic nitrogens is 5. The third-order valence-electron chi connectivity index (χ3n) is 4.47. The molecule has 1 fully saturated rings. The topological polar surface area (TPSA) is 98.7 Å². The molecular weight excluding hydrogens is 388 g/mol. The molecule has 2 heterocycles. The van der Waals surface area contributed by atoms with Gasteiger partial charge in [-0.15, -0.1) is 10.2 Å². The fourth-order valence-electron chi connectivity index (χ4n) is 2.90. The van der Waals surface area contributed by atoms with E-state index in [4.69, 9.17) is 4.52 Å². The fraction of sp³-hybridized carbons (Fsp3) is 0.450. The van der Waals surface area contributed by atoms with Gasteiger partial charge in [-0.2, -0.15) is 4.98 Å². The minimum absolute atomic E-state index is 0.102. The summed E-state index contributed by atoms with van der Waals surface area (Å²) in [4.78, 5) is 15.9. The summed E-state index contributed by atoms with van der Waals surface area (Å²) in [5.41, 5.74) is 1.49. The molecule has 29 heavy (non-hydrogen) atoms. The van der Waals surface area contributed by atoms with Crippen molar-refractivity contribution in [1.29, 1.82) is 0 Å². The van der Waals surface area contributed by atoms with Crippen LogP contribution in [-0.4, -0.2) is 30.8 Å². The van der Waals surface area contributed by atoms with Gasteiger partial charge in [0.25, 0.3) is 0 Å². The van der Waals surface area contributed by atoms with Gasteiger partial charge in [0.1, 0.15) is 5.82 Å². The summed E-state index contributed by atoms with van der Waals surface area (Å²) >= 11 is 1.52. The Labute approximate surface area is 173 Å². The van der Waals surface area contributed by atoms with Crippen LogP contribution in [0, 0.1) is 0 Å². The van der Waals surface area contributed by atoms with Gasteiger partial charge >= 0.3 is 0 Å². The summed E-state index contributed by atoms with van der Waals surface area (Å²) in [6.45, 7) is 7.62. The number of nitrogens with zero attached hydrogens (tertiary/aromatic N) is 5. The number of amides is 1. The second-order valence-electron chi connectivity index (χ2n) is 8.24. The van der Waals surface area contributed by atoms with E-state index in [1.54, 1.807) is 0 Å². The van der Waals surface area contributed by atoms with E-state index in [2.05, 4.69) is 30.2 Å². The molecule has 152 valence electrons. The molecule has 1 amide bonds. The van der Waals surface area contributed by atoms with Crippen molar-refractivity contribution < 1.29 is 9.32 Å². The lowest BCUT2D eigenvalue weighted by Gasteiger charge is -2.11. The number of benzene rings is 1. The molecule has 9 heteroatoms. The van der Waals surface area contributed by atoms with Crippen LogP contribution in [0.15, 0.2) is 33.9 Å². The normalized spacial score (nSPS) is 14.2. The highest BCUT2D eigenvalue weighted by Gasteiger charge is 2.31. The molecule has 0 aliphatic heterocycles. The maximum atomic E-state index is 11.4. The van der Waals surface area contributed by atoms with Crippen LogP contribution in [0.5, 0.6) is 0 Å². The smallest absolute Gasteiger partial charge is 0.232 e. The predicted octanol–water partition coefficient (Wildman–Crippen LogP) is 4.08. The molecule has 1 aliphatic rings. The van der Waals surface area contributed by atoms with Crippen LogP contribution in [-0.2, 0) is 16.0 Å². The van der Waals surface area contributed by atoms with Crippen molar-refractivity contribution in [3.05, 3.63) is 41.8 Å². The number of anilines is 1. The molecule has 8 nitrogen and oxygen atoms in total. The van der Waals surface area contributed by atoms with E-state index in [1.165, 1.54) is 18.7 Å². The van der Waals surface area contributed by atoms with E-state index in [1.807, 2.05) is 45.0 Å². The molecule has 1 N–H and O–H groups in total. The molecule has 2 aromatic heterocycles. The first-order valence-electron chi connectivity index (χ1n) is 9.60. The molecule has 0 spiro atoms. The molecule has 0 atom stereocenters. The molecular formula is C20H24N6O2S. The van der Waals surface area contributed by atoms with Gasteiger partial charge in [0.15, 0.2) is 11.0 Å². The molecule has 1 aliphatic carbocycles. The number of nitrogens with one attached hydrogen (secondary N) is 1. The van der Waals surface area contributed by atoms with Crippen molar-refractivity contribution in [1.82, 2.24) is 24.9 Å². The van der Waals surface area contributed by atoms with Gasteiger partial charge in [0, 0.05) is 23.9 Å². The highest BCUT2D eigenvalue weighted by atomic mass is 32.2. The first kappa shape index (κ1) is 19.6. The first-order chi connectivity index (χ1) is 13.8. The van der Waals surface area contributed by atoms with E-state index >= 15 is 0 Å². The maximum absolute atomic E-state index is 11.4. The number of carbonyl (C=O) groups is 1. The van der Waals surface area contributed by atoms with Gasteiger partial charge in [-0.1, -0.05) is 43.8 Å². The molecule has 1 saturated carbocycles. The standard InChI is InChI=1S/C20H24N6O2S/c1-12(27)21-14-6-5-7-15(10-14)26-17(13-8-9-13)23-24-19(26)29-11-16-22-18(28-25-16)20(2,3)4/h5-7,10,13H,8-9,11H2,1-4H3,(H,21,27). The first-order valence-corrected chi connectivity index (χ1v) is 10.6. The van der Waals surface area contributed by atoms with Crippen LogP contribution in [0.1, 0.15) is 64.0 Å². The van der Waals surface area contributed by atoms with Crippen LogP contribution in [0.2, 0.25) is 0 Å². The zero-order valence-corrected chi connectivity index (χ0v) is 17.8. The molecule has 1 aromatic carbocycles. The molecule has 0 unspecified atom stereocenters. The number of hydrogen-bond donors (Lipinski definition) is 1. The maximum Gasteiger partial charge on any atom is 0.232 e. The van der Waals surface area contributed by atoms with Gasteiger partial charge < -0.3 is 9.84 Å². The van der Waals surface area contributed by atoms with Crippen LogP contribution >= 0.6 is 11.8 Å². The van der Waals surface area contributed by atoms with Crippen LogP contribution < -0.4 is 5.32 Å². The summed E-state index contributed by atoms with van der Waals surface area (Å²) in [5, 5.41) is 16.6. The number of thioether (sulfide) groups is 1. The number of carbonyl (C=O) groups excluding carboxylic acids is 1. The van der Waals surface area contributed by atoms with Crippen LogP contribution in [0.3, 0.4) is 0 Å². The average Bonchev–Trinajstić information content (AvgIpc) is 3.22. The van der Waals surface area contributed by atoms with Gasteiger partial charge in [-0.05, 0) is 31.0 Å². The van der Waals surface area contributed by atoms with Crippen molar-refractivity contribution in [2.75, 3.05) is 5.32 Å². The lowest BCUT2D eigenvalue weighted by atomic mass is 9.97. The third kappa shape index (κ3) is 4.50. The zero-order valence-electron chi connectivity index (χ0n) is 17.0. The SMILES string of the molecule is CC(=O)Nc1cccc(-n2c(SCc3noc(C(C)(C)C)n3)nnc2C2CC2)c1. The second kappa shape index (κ2) is 7.62. The predicted molar refractivity (Wildman–Crippen MR) is 110 cm³/mol. The Hall–Kier alpha value is -2.68. The minimum Gasteiger partial charge on any atom is -0.339 e. The monoisotopic (exact) mass is 412 g/mol. The fourth-order valence-corrected chi connectivity index (χ4v) is 3.70. The largest absolute Gasteiger partial charge is 0.339 e. The van der Waals surface area contributed by atoms with E-state index in [9.17, 15) is 4.79 Å². The molecule has 0 saturated heterocycles. The van der Waals surface area contributed by atoms with Crippen LogP contribution in [0.25, 0.3) is 5.69 Å². The van der Waals surface area contributed by atoms with Gasteiger partial charge in [0.05, 0.1) is 11.4 Å². The highest BCUT2D eigenvalue weighted by molar-refractivity contribution is 7.98. The zero-order chi connectivity index (χ0) is 20.6. The second-order valence-corrected chi connectivity index (χ2v) is 9.18. The minimum atomic E-state index is -0.181. The van der Waals surface area contributed by atoms with Crippen molar-refractivity contribution in [2.24, 2.45) is 0 Å². The Morgan fingerprint density at radius 3 is 2.76 bits per heavy atom.